The van der Waals surface area contributed by atoms with E-state index in [9.17, 15) is 4.79 Å². The second-order valence-electron chi connectivity index (χ2n) is 5.43. The van der Waals surface area contributed by atoms with Gasteiger partial charge in [0.1, 0.15) is 6.61 Å². The van der Waals surface area contributed by atoms with E-state index in [4.69, 9.17) is 9.47 Å². The number of hydrogen-bond acceptors (Lipinski definition) is 3. The van der Waals surface area contributed by atoms with Crippen LogP contribution in [0.3, 0.4) is 0 Å². The molecule has 2 N–H and O–H groups in total. The lowest BCUT2D eigenvalue weighted by atomic mass is 10.1. The lowest BCUT2D eigenvalue weighted by Gasteiger charge is -2.11. The average Bonchev–Trinajstić information content (AvgIpc) is 2.94. The number of amides is 1. The molecule has 0 bridgehead atoms. The molecule has 3 aromatic rings. The van der Waals surface area contributed by atoms with Crippen LogP contribution in [0.25, 0.3) is 10.9 Å². The van der Waals surface area contributed by atoms with E-state index in [2.05, 4.69) is 10.3 Å². The number of nitrogens with one attached hydrogen (secondary N) is 2. The highest BCUT2D eigenvalue weighted by molar-refractivity contribution is 6.08. The SMILES string of the molecule is COc1ccccc1OCCNC(=O)c1c(C)[nH]c2ccccc12. The molecule has 1 heterocycles. The van der Waals surface area contributed by atoms with Crippen molar-refractivity contribution in [3.8, 4) is 11.5 Å². The number of carbonyl (C=O) groups excluding carboxylic acids is 1. The van der Waals surface area contributed by atoms with Gasteiger partial charge in [-0.15, -0.1) is 0 Å². The van der Waals surface area contributed by atoms with Gasteiger partial charge in [-0.05, 0) is 25.1 Å². The first-order valence-electron chi connectivity index (χ1n) is 7.82. The molecule has 5 nitrogen and oxygen atoms in total. The quantitative estimate of drug-likeness (QED) is 0.684. The molecular weight excluding hydrogens is 304 g/mol. The summed E-state index contributed by atoms with van der Waals surface area (Å²) in [5, 5.41) is 3.83. The molecule has 0 unspecified atom stereocenters. The number of aromatic nitrogens is 1. The molecule has 124 valence electrons. The van der Waals surface area contributed by atoms with Gasteiger partial charge in [0.15, 0.2) is 11.5 Å². The van der Waals surface area contributed by atoms with Gasteiger partial charge < -0.3 is 19.8 Å². The molecule has 0 saturated heterocycles. The van der Waals surface area contributed by atoms with Crippen molar-refractivity contribution in [1.29, 1.82) is 0 Å². The molecule has 0 fully saturated rings. The lowest BCUT2D eigenvalue weighted by molar-refractivity contribution is 0.0948. The van der Waals surface area contributed by atoms with Gasteiger partial charge in [0.2, 0.25) is 0 Å². The molecule has 0 aliphatic heterocycles. The summed E-state index contributed by atoms with van der Waals surface area (Å²) in [6, 6.07) is 15.2. The Morgan fingerprint density at radius 2 is 1.79 bits per heavy atom. The van der Waals surface area contributed by atoms with Crippen molar-refractivity contribution in [2.45, 2.75) is 6.92 Å². The van der Waals surface area contributed by atoms with Gasteiger partial charge >= 0.3 is 0 Å². The van der Waals surface area contributed by atoms with E-state index in [0.717, 1.165) is 16.6 Å². The number of methoxy groups -OCH3 is 1. The van der Waals surface area contributed by atoms with Gasteiger partial charge in [0, 0.05) is 16.6 Å². The smallest absolute Gasteiger partial charge is 0.253 e. The van der Waals surface area contributed by atoms with E-state index < -0.39 is 0 Å². The minimum Gasteiger partial charge on any atom is -0.493 e. The summed E-state index contributed by atoms with van der Waals surface area (Å²) in [5.74, 6) is 1.24. The van der Waals surface area contributed by atoms with E-state index in [-0.39, 0.29) is 5.91 Å². The van der Waals surface area contributed by atoms with Gasteiger partial charge in [0.25, 0.3) is 5.91 Å². The third-order valence-electron chi connectivity index (χ3n) is 3.83. The van der Waals surface area contributed by atoms with Crippen molar-refractivity contribution in [2.75, 3.05) is 20.3 Å². The first kappa shape index (κ1) is 15.9. The number of hydrogen-bond donors (Lipinski definition) is 2. The first-order chi connectivity index (χ1) is 11.7. The topological polar surface area (TPSA) is 63.4 Å². The first-order valence-corrected chi connectivity index (χ1v) is 7.82. The Kier molecular flexibility index (Phi) is 4.70. The molecule has 5 heteroatoms. The number of aromatic amines is 1. The minimum atomic E-state index is -0.103. The van der Waals surface area contributed by atoms with E-state index >= 15 is 0 Å². The Bertz CT molecular complexity index is 855. The zero-order valence-corrected chi connectivity index (χ0v) is 13.8. The molecule has 1 aromatic heterocycles. The number of carbonyl (C=O) groups is 1. The summed E-state index contributed by atoms with van der Waals surface area (Å²) in [7, 11) is 1.60. The van der Waals surface area contributed by atoms with E-state index in [1.165, 1.54) is 0 Å². The Balaban J connectivity index is 1.60. The fourth-order valence-corrected chi connectivity index (χ4v) is 2.72. The van der Waals surface area contributed by atoms with Gasteiger partial charge in [-0.1, -0.05) is 30.3 Å². The molecular formula is C19H20N2O3. The van der Waals surface area contributed by atoms with Crippen LogP contribution in [0.4, 0.5) is 0 Å². The fraction of sp³-hybridized carbons (Fsp3) is 0.211. The molecule has 1 amide bonds. The van der Waals surface area contributed by atoms with Crippen molar-refractivity contribution < 1.29 is 14.3 Å². The Hall–Kier alpha value is -2.95. The van der Waals surface area contributed by atoms with Crippen molar-refractivity contribution in [2.24, 2.45) is 0 Å². The predicted octanol–water partition coefficient (Wildman–Crippen LogP) is 3.29. The maximum atomic E-state index is 12.5. The summed E-state index contributed by atoms with van der Waals surface area (Å²) in [4.78, 5) is 15.7. The monoisotopic (exact) mass is 324 g/mol. The number of H-pyrrole nitrogens is 1. The maximum Gasteiger partial charge on any atom is 0.253 e. The molecule has 0 radical (unpaired) electrons. The van der Waals surface area contributed by atoms with E-state index in [1.807, 2.05) is 55.5 Å². The molecule has 0 aliphatic rings. The summed E-state index contributed by atoms with van der Waals surface area (Å²) in [5.41, 5.74) is 2.51. The highest BCUT2D eigenvalue weighted by Crippen LogP contribution is 2.25. The number of para-hydroxylation sites is 3. The molecule has 0 aliphatic carbocycles. The average molecular weight is 324 g/mol. The molecule has 24 heavy (non-hydrogen) atoms. The molecule has 0 atom stereocenters. The van der Waals surface area contributed by atoms with Crippen molar-refractivity contribution in [3.63, 3.8) is 0 Å². The highest BCUT2D eigenvalue weighted by atomic mass is 16.5. The molecule has 0 spiro atoms. The van der Waals surface area contributed by atoms with Crippen LogP contribution in [-0.2, 0) is 0 Å². The Morgan fingerprint density at radius 1 is 1.08 bits per heavy atom. The van der Waals surface area contributed by atoms with Crippen LogP contribution >= 0.6 is 0 Å². The standard InChI is InChI=1S/C19H20N2O3/c1-13-18(14-7-3-4-8-15(14)21-13)19(22)20-11-12-24-17-10-6-5-9-16(17)23-2/h3-10,21H,11-12H2,1-2H3,(H,20,22). The lowest BCUT2D eigenvalue weighted by Crippen LogP contribution is -2.28. The predicted molar refractivity (Wildman–Crippen MR) is 93.9 cm³/mol. The van der Waals surface area contributed by atoms with Gasteiger partial charge in [-0.3, -0.25) is 4.79 Å². The maximum absolute atomic E-state index is 12.5. The van der Waals surface area contributed by atoms with Gasteiger partial charge in [0.05, 0.1) is 19.2 Å². The molecule has 0 saturated carbocycles. The molecule has 3 rings (SSSR count). The summed E-state index contributed by atoms with van der Waals surface area (Å²) >= 11 is 0. The number of aryl methyl sites for hydroxylation is 1. The zero-order chi connectivity index (χ0) is 16.9. The van der Waals surface area contributed by atoms with E-state index in [1.54, 1.807) is 7.11 Å². The van der Waals surface area contributed by atoms with Crippen LogP contribution in [0.15, 0.2) is 48.5 Å². The van der Waals surface area contributed by atoms with Crippen LogP contribution < -0.4 is 14.8 Å². The zero-order valence-electron chi connectivity index (χ0n) is 13.8. The Labute approximate surface area is 140 Å². The summed E-state index contributed by atoms with van der Waals surface area (Å²) in [6.45, 7) is 2.68. The summed E-state index contributed by atoms with van der Waals surface area (Å²) < 4.78 is 10.9. The highest BCUT2D eigenvalue weighted by Gasteiger charge is 2.15. The van der Waals surface area contributed by atoms with Crippen LogP contribution in [0.1, 0.15) is 16.1 Å². The number of benzene rings is 2. The second kappa shape index (κ2) is 7.08. The number of fused-ring (bicyclic) bond motifs is 1. The van der Waals surface area contributed by atoms with Crippen LogP contribution in [0.2, 0.25) is 0 Å². The normalized spacial score (nSPS) is 10.6. The van der Waals surface area contributed by atoms with Crippen molar-refractivity contribution in [3.05, 3.63) is 59.8 Å². The van der Waals surface area contributed by atoms with Crippen molar-refractivity contribution in [1.82, 2.24) is 10.3 Å². The van der Waals surface area contributed by atoms with Crippen molar-refractivity contribution >= 4 is 16.8 Å². The van der Waals surface area contributed by atoms with E-state index in [0.29, 0.717) is 30.2 Å². The third-order valence-corrected chi connectivity index (χ3v) is 3.83. The largest absolute Gasteiger partial charge is 0.493 e. The third kappa shape index (κ3) is 3.20. The molecule has 2 aromatic carbocycles. The summed E-state index contributed by atoms with van der Waals surface area (Å²) in [6.07, 6.45) is 0. The fourth-order valence-electron chi connectivity index (χ4n) is 2.72. The number of rotatable bonds is 6. The van der Waals surface area contributed by atoms with Crippen LogP contribution in [0, 0.1) is 6.92 Å². The van der Waals surface area contributed by atoms with Gasteiger partial charge in [-0.2, -0.15) is 0 Å². The number of ether oxygens (including phenoxy) is 2. The van der Waals surface area contributed by atoms with Crippen LogP contribution in [0.5, 0.6) is 11.5 Å². The van der Waals surface area contributed by atoms with Gasteiger partial charge in [-0.25, -0.2) is 0 Å². The minimum absolute atomic E-state index is 0.103. The Morgan fingerprint density at radius 3 is 2.58 bits per heavy atom. The van der Waals surface area contributed by atoms with Crippen LogP contribution in [-0.4, -0.2) is 31.2 Å². The second-order valence-corrected chi connectivity index (χ2v) is 5.43.